The van der Waals surface area contributed by atoms with E-state index in [2.05, 4.69) is 5.32 Å². The van der Waals surface area contributed by atoms with Gasteiger partial charge < -0.3 is 10.1 Å². The lowest BCUT2D eigenvalue weighted by Gasteiger charge is -2.03. The van der Waals surface area contributed by atoms with Crippen LogP contribution in [0.25, 0.3) is 6.08 Å². The highest BCUT2D eigenvalue weighted by atomic mass is 16.5. The van der Waals surface area contributed by atoms with Crippen molar-refractivity contribution < 1.29 is 9.53 Å². The van der Waals surface area contributed by atoms with E-state index in [0.717, 1.165) is 17.0 Å². The van der Waals surface area contributed by atoms with Gasteiger partial charge in [0.15, 0.2) is 0 Å². The fourth-order valence-corrected chi connectivity index (χ4v) is 1.71. The van der Waals surface area contributed by atoms with Gasteiger partial charge in [-0.15, -0.1) is 0 Å². The molecule has 3 heteroatoms. The number of hydrogen-bond acceptors (Lipinski definition) is 2. The molecule has 1 amide bonds. The number of rotatable bonds is 4. The predicted molar refractivity (Wildman–Crippen MR) is 81.8 cm³/mol. The summed E-state index contributed by atoms with van der Waals surface area (Å²) in [5.74, 6) is 0.605. The molecule has 0 saturated heterocycles. The number of nitrogens with one attached hydrogen (secondary N) is 1. The van der Waals surface area contributed by atoms with Crippen LogP contribution in [-0.2, 0) is 4.79 Å². The minimum atomic E-state index is -0.157. The average Bonchev–Trinajstić information content (AvgIpc) is 2.47. The van der Waals surface area contributed by atoms with Crippen molar-refractivity contribution >= 4 is 17.7 Å². The maximum atomic E-state index is 11.8. The number of methoxy groups -OCH3 is 1. The fourth-order valence-electron chi connectivity index (χ4n) is 1.71. The number of amides is 1. The normalized spacial score (nSPS) is 10.5. The van der Waals surface area contributed by atoms with Crippen molar-refractivity contribution in [3.8, 4) is 5.75 Å². The Balaban J connectivity index is 1.96. The first-order valence-corrected chi connectivity index (χ1v) is 6.37. The second-order valence-corrected chi connectivity index (χ2v) is 4.46. The summed E-state index contributed by atoms with van der Waals surface area (Å²) in [4.78, 5) is 11.8. The third-order valence-corrected chi connectivity index (χ3v) is 2.86. The minimum absolute atomic E-state index is 0.157. The van der Waals surface area contributed by atoms with Gasteiger partial charge in [0.05, 0.1) is 7.11 Å². The Morgan fingerprint density at radius 1 is 1.05 bits per heavy atom. The molecule has 1 N–H and O–H groups in total. The third-order valence-electron chi connectivity index (χ3n) is 2.86. The van der Waals surface area contributed by atoms with Crippen LogP contribution in [0.1, 0.15) is 11.1 Å². The first kappa shape index (κ1) is 13.9. The van der Waals surface area contributed by atoms with Gasteiger partial charge in [0.2, 0.25) is 5.91 Å². The Morgan fingerprint density at radius 3 is 2.30 bits per heavy atom. The second-order valence-electron chi connectivity index (χ2n) is 4.46. The van der Waals surface area contributed by atoms with Crippen LogP contribution < -0.4 is 10.1 Å². The predicted octanol–water partition coefficient (Wildman–Crippen LogP) is 3.66. The third kappa shape index (κ3) is 3.99. The number of anilines is 1. The Bertz CT molecular complexity index is 598. The molecule has 2 aromatic rings. The van der Waals surface area contributed by atoms with Gasteiger partial charge >= 0.3 is 0 Å². The van der Waals surface area contributed by atoms with Gasteiger partial charge in [-0.2, -0.15) is 0 Å². The van der Waals surface area contributed by atoms with Crippen LogP contribution in [0.2, 0.25) is 0 Å². The molecule has 0 fully saturated rings. The molecule has 0 spiro atoms. The van der Waals surface area contributed by atoms with Crippen LogP contribution in [0.15, 0.2) is 54.6 Å². The number of carbonyl (C=O) groups is 1. The molecule has 0 aliphatic carbocycles. The van der Waals surface area contributed by atoms with Crippen LogP contribution in [0.3, 0.4) is 0 Å². The summed E-state index contributed by atoms with van der Waals surface area (Å²) in [6.45, 7) is 2.03. The minimum Gasteiger partial charge on any atom is -0.497 e. The summed E-state index contributed by atoms with van der Waals surface area (Å²) in [6.07, 6.45) is 3.31. The highest BCUT2D eigenvalue weighted by molar-refractivity contribution is 6.01. The van der Waals surface area contributed by atoms with Crippen molar-refractivity contribution in [3.05, 3.63) is 65.7 Å². The summed E-state index contributed by atoms with van der Waals surface area (Å²) >= 11 is 0. The summed E-state index contributed by atoms with van der Waals surface area (Å²) in [5, 5.41) is 2.79. The van der Waals surface area contributed by atoms with E-state index >= 15 is 0 Å². The van der Waals surface area contributed by atoms with E-state index in [1.165, 1.54) is 11.6 Å². The lowest BCUT2D eigenvalue weighted by molar-refractivity contribution is -0.111. The molecule has 0 atom stereocenters. The number of benzene rings is 2. The first-order valence-electron chi connectivity index (χ1n) is 6.37. The van der Waals surface area contributed by atoms with E-state index in [0.29, 0.717) is 0 Å². The topological polar surface area (TPSA) is 38.3 Å². The molecule has 0 bridgehead atoms. The maximum Gasteiger partial charge on any atom is 0.248 e. The van der Waals surface area contributed by atoms with Crippen molar-refractivity contribution in [2.45, 2.75) is 6.92 Å². The molecule has 20 heavy (non-hydrogen) atoms. The molecule has 2 rings (SSSR count). The molecular formula is C17H17NO2. The molecule has 3 nitrogen and oxygen atoms in total. The quantitative estimate of drug-likeness (QED) is 0.859. The molecule has 0 unspecified atom stereocenters. The van der Waals surface area contributed by atoms with Crippen LogP contribution in [0.5, 0.6) is 5.75 Å². The Hall–Kier alpha value is -2.55. The summed E-state index contributed by atoms with van der Waals surface area (Å²) < 4.78 is 5.06. The molecule has 0 aromatic heterocycles. The smallest absolute Gasteiger partial charge is 0.248 e. The lowest BCUT2D eigenvalue weighted by atomic mass is 10.1. The van der Waals surface area contributed by atoms with E-state index < -0.39 is 0 Å². The van der Waals surface area contributed by atoms with Gasteiger partial charge in [0.1, 0.15) is 5.75 Å². The Kier molecular flexibility index (Phi) is 4.56. The SMILES string of the molecule is COc1ccc(NC(=O)/C=C/c2ccc(C)cc2)cc1. The van der Waals surface area contributed by atoms with Crippen molar-refractivity contribution in [3.63, 3.8) is 0 Å². The molecule has 0 radical (unpaired) electrons. The highest BCUT2D eigenvalue weighted by Crippen LogP contribution is 2.15. The average molecular weight is 267 g/mol. The van der Waals surface area contributed by atoms with Crippen LogP contribution in [0, 0.1) is 6.92 Å². The first-order chi connectivity index (χ1) is 9.67. The van der Waals surface area contributed by atoms with Gasteiger partial charge in [0.25, 0.3) is 0 Å². The van der Waals surface area contributed by atoms with Crippen LogP contribution in [-0.4, -0.2) is 13.0 Å². The maximum absolute atomic E-state index is 11.8. The summed E-state index contributed by atoms with van der Waals surface area (Å²) in [6, 6.07) is 15.2. The molecular weight excluding hydrogens is 250 g/mol. The van der Waals surface area contributed by atoms with Gasteiger partial charge in [-0.25, -0.2) is 0 Å². The number of carbonyl (C=O) groups excluding carboxylic acids is 1. The van der Waals surface area contributed by atoms with Crippen molar-refractivity contribution in [1.29, 1.82) is 0 Å². The van der Waals surface area contributed by atoms with E-state index in [-0.39, 0.29) is 5.91 Å². The van der Waals surface area contributed by atoms with Crippen LogP contribution in [0.4, 0.5) is 5.69 Å². The molecule has 0 aliphatic heterocycles. The number of hydrogen-bond donors (Lipinski definition) is 1. The highest BCUT2D eigenvalue weighted by Gasteiger charge is 1.98. The van der Waals surface area contributed by atoms with Gasteiger partial charge in [-0.1, -0.05) is 29.8 Å². The van der Waals surface area contributed by atoms with E-state index in [4.69, 9.17) is 4.74 Å². The monoisotopic (exact) mass is 267 g/mol. The fraction of sp³-hybridized carbons (Fsp3) is 0.118. The molecule has 102 valence electrons. The standard InChI is InChI=1S/C17H17NO2/c1-13-3-5-14(6-4-13)7-12-17(19)18-15-8-10-16(20-2)11-9-15/h3-12H,1-2H3,(H,18,19)/b12-7+. The molecule has 0 heterocycles. The largest absolute Gasteiger partial charge is 0.497 e. The van der Waals surface area contributed by atoms with Gasteiger partial charge in [-0.3, -0.25) is 4.79 Å². The van der Waals surface area contributed by atoms with Gasteiger partial charge in [-0.05, 0) is 42.8 Å². The Morgan fingerprint density at radius 2 is 1.70 bits per heavy atom. The van der Waals surface area contributed by atoms with Crippen LogP contribution >= 0.6 is 0 Å². The van der Waals surface area contributed by atoms with E-state index in [1.807, 2.05) is 31.2 Å². The molecule has 2 aromatic carbocycles. The van der Waals surface area contributed by atoms with Crippen molar-refractivity contribution in [2.24, 2.45) is 0 Å². The lowest BCUT2D eigenvalue weighted by Crippen LogP contribution is -2.07. The second kappa shape index (κ2) is 6.57. The zero-order valence-electron chi connectivity index (χ0n) is 11.6. The zero-order chi connectivity index (χ0) is 14.4. The van der Waals surface area contributed by atoms with Crippen molar-refractivity contribution in [1.82, 2.24) is 0 Å². The number of ether oxygens (including phenoxy) is 1. The summed E-state index contributed by atoms with van der Waals surface area (Å²) in [5.41, 5.74) is 2.94. The molecule has 0 aliphatic rings. The molecule has 0 saturated carbocycles. The van der Waals surface area contributed by atoms with Gasteiger partial charge in [0, 0.05) is 11.8 Å². The number of aryl methyl sites for hydroxylation is 1. The Labute approximate surface area is 118 Å². The zero-order valence-corrected chi connectivity index (χ0v) is 11.6. The van der Waals surface area contributed by atoms with Crippen molar-refractivity contribution in [2.75, 3.05) is 12.4 Å². The van der Waals surface area contributed by atoms with E-state index in [9.17, 15) is 4.79 Å². The van der Waals surface area contributed by atoms with E-state index in [1.54, 1.807) is 37.5 Å². The summed E-state index contributed by atoms with van der Waals surface area (Å²) in [7, 11) is 1.61.